The molecule has 268 valence electrons. The number of carbonyl (C=O) groups is 4. The van der Waals surface area contributed by atoms with Crippen LogP contribution >= 0.6 is 31.9 Å². The summed E-state index contributed by atoms with van der Waals surface area (Å²) < 4.78 is 0. The van der Waals surface area contributed by atoms with Gasteiger partial charge in [0.2, 0.25) is 0 Å². The van der Waals surface area contributed by atoms with E-state index in [-0.39, 0.29) is 53.7 Å². The molecule has 0 aromatic heterocycles. The lowest BCUT2D eigenvalue weighted by Gasteiger charge is -2.10. The van der Waals surface area contributed by atoms with Gasteiger partial charge in [0.1, 0.15) is 11.1 Å². The number of hydrogen-bond donors (Lipinski definition) is 1. The number of Topliss-reactive ketones (excluding diaryl/α,β-unsaturated/α-hetero) is 1. The number of imide groups is 1. The van der Waals surface area contributed by atoms with Crippen molar-refractivity contribution in [2.24, 2.45) is 5.73 Å². The van der Waals surface area contributed by atoms with E-state index in [1.165, 1.54) is 135 Å². The Morgan fingerprint density at radius 3 is 0.932 bits per heavy atom. The van der Waals surface area contributed by atoms with Crippen molar-refractivity contribution in [2.45, 2.75) is 184 Å². The molecule has 44 heavy (non-hydrogen) atoms. The molecular weight excluding hydrogens is 688 g/mol. The van der Waals surface area contributed by atoms with Crippen LogP contribution in [0, 0.1) is 0 Å². The molecule has 0 aromatic rings. The predicted octanol–water partition coefficient (Wildman–Crippen LogP) is 11.3. The van der Waals surface area contributed by atoms with Crippen LogP contribution in [0.2, 0.25) is 0 Å². The zero-order valence-corrected chi connectivity index (χ0v) is 28.7. The van der Waals surface area contributed by atoms with Gasteiger partial charge in [0.05, 0.1) is 5.33 Å². The predicted molar refractivity (Wildman–Crippen MR) is 199 cm³/mol. The second-order valence-electron chi connectivity index (χ2n) is 10.3. The van der Waals surface area contributed by atoms with Crippen LogP contribution in [0.15, 0.2) is 0 Å². The number of hydroxylamine groups is 2. The molecule has 1 heterocycles. The summed E-state index contributed by atoms with van der Waals surface area (Å²) in [5.74, 6) is -1.32. The summed E-state index contributed by atoms with van der Waals surface area (Å²) in [5, 5.41) is 0.983. The van der Waals surface area contributed by atoms with Gasteiger partial charge in [-0.3, -0.25) is 14.4 Å². The highest BCUT2D eigenvalue weighted by Crippen LogP contribution is 2.17. The van der Waals surface area contributed by atoms with Gasteiger partial charge in [-0.25, -0.2) is 4.79 Å². The highest BCUT2D eigenvalue weighted by atomic mass is 79.9. The van der Waals surface area contributed by atoms with Gasteiger partial charge >= 0.3 is 5.97 Å². The van der Waals surface area contributed by atoms with Crippen LogP contribution < -0.4 is 5.73 Å². The van der Waals surface area contributed by atoms with E-state index in [0.717, 1.165) is 0 Å². The lowest BCUT2D eigenvalue weighted by Crippen LogP contribution is -2.32. The molecule has 2 amide bonds. The first-order valence-corrected chi connectivity index (χ1v) is 18.0. The van der Waals surface area contributed by atoms with Gasteiger partial charge < -0.3 is 10.6 Å². The molecule has 0 unspecified atom stereocenters. The highest BCUT2D eigenvalue weighted by Gasteiger charge is 2.32. The number of rotatable bonds is 4. The molecule has 0 radical (unpaired) electrons. The maximum Gasteiger partial charge on any atom is 0.343 e. The number of halogens is 2. The Bertz CT molecular complexity index is 528. The summed E-state index contributed by atoms with van der Waals surface area (Å²) in [5.41, 5.74) is 4.50. The molecule has 0 atom stereocenters. The van der Waals surface area contributed by atoms with Crippen molar-refractivity contribution in [3.8, 4) is 0 Å². The molecular formula is C35H74Br2N2O5. The van der Waals surface area contributed by atoms with Crippen LogP contribution in [-0.2, 0) is 24.0 Å². The lowest BCUT2D eigenvalue weighted by atomic mass is 10.0. The Kier molecular flexibility index (Phi) is 56.0. The van der Waals surface area contributed by atoms with Crippen molar-refractivity contribution in [1.29, 1.82) is 0 Å². The fourth-order valence-corrected chi connectivity index (χ4v) is 4.91. The smallest absolute Gasteiger partial charge is 0.333 e. The molecule has 2 N–H and O–H groups in total. The topological polar surface area (TPSA) is 107 Å². The number of nitrogens with zero attached hydrogens (tertiary/aromatic N) is 1. The molecule has 0 bridgehead atoms. The standard InChI is InChI=1S/2C10H20.C6H6BrNO4.C4H7BrO.CH5N.4CH4/c2*1-2-4-6-8-10-9-7-5-3-1;7-3-6(11)12-8-4(9)1-2-5(8)10;1-2-4(6)3-5;1-2;;;;/h2*1-10H2;1-3H2;2-3H2,1H3;2H2,1H3;4*1H4. The first kappa shape index (κ1) is 55.6. The van der Waals surface area contributed by atoms with Crippen molar-refractivity contribution < 1.29 is 24.0 Å². The molecule has 7 nitrogen and oxygen atoms in total. The maximum absolute atomic E-state index is 10.8. The van der Waals surface area contributed by atoms with Crippen LogP contribution in [0.4, 0.5) is 0 Å². The van der Waals surface area contributed by atoms with Crippen LogP contribution in [0.5, 0.6) is 0 Å². The van der Waals surface area contributed by atoms with Crippen molar-refractivity contribution in [3.05, 3.63) is 0 Å². The summed E-state index contributed by atoms with van der Waals surface area (Å²) >= 11 is 5.86. The summed E-state index contributed by atoms with van der Waals surface area (Å²) in [7, 11) is 1.50. The number of ketones is 1. The first-order chi connectivity index (χ1) is 19.5. The number of alkyl halides is 2. The van der Waals surface area contributed by atoms with Gasteiger partial charge in [-0.1, -0.05) is 197 Å². The first-order valence-electron chi connectivity index (χ1n) is 15.7. The third-order valence-electron chi connectivity index (χ3n) is 6.85. The molecule has 1 saturated heterocycles. The molecule has 9 heteroatoms. The van der Waals surface area contributed by atoms with E-state index in [2.05, 4.69) is 42.4 Å². The highest BCUT2D eigenvalue weighted by molar-refractivity contribution is 9.09. The zero-order valence-electron chi connectivity index (χ0n) is 25.5. The molecule has 2 saturated carbocycles. The number of amides is 2. The Hall–Kier alpha value is -0.800. The molecule has 3 aliphatic rings. The van der Waals surface area contributed by atoms with Crippen molar-refractivity contribution in [1.82, 2.24) is 5.06 Å². The minimum absolute atomic E-state index is 0. The molecule has 2 aliphatic carbocycles. The average molecular weight is 763 g/mol. The second kappa shape index (κ2) is 44.3. The Morgan fingerprint density at radius 1 is 0.568 bits per heavy atom. The molecule has 3 fully saturated rings. The number of nitrogens with two attached hydrogens (primary N) is 1. The van der Waals surface area contributed by atoms with E-state index >= 15 is 0 Å². The quantitative estimate of drug-likeness (QED) is 0.226. The van der Waals surface area contributed by atoms with Gasteiger partial charge in [0.15, 0.2) is 0 Å². The summed E-state index contributed by atoms with van der Waals surface area (Å²) in [4.78, 5) is 46.9. The van der Waals surface area contributed by atoms with E-state index in [1.54, 1.807) is 0 Å². The SMILES string of the molecule is C.C.C.C.C1CCCCCCCCC1.C1CCCCCCCCC1.CCC(=O)CBr.CN.O=C(CBr)ON1C(=O)CCC1=O. The zero-order chi connectivity index (χ0) is 30.3. The van der Waals surface area contributed by atoms with E-state index in [1.807, 2.05) is 6.92 Å². The maximum atomic E-state index is 10.8. The Balaban J connectivity index is -0.000000106. The number of hydrogen-bond acceptors (Lipinski definition) is 6. The average Bonchev–Trinajstić information content (AvgIpc) is 3.32. The van der Waals surface area contributed by atoms with Crippen LogP contribution in [0.25, 0.3) is 0 Å². The minimum Gasteiger partial charge on any atom is -0.333 e. The van der Waals surface area contributed by atoms with Crippen molar-refractivity contribution >= 4 is 55.4 Å². The van der Waals surface area contributed by atoms with Gasteiger partial charge in [-0.2, -0.15) is 0 Å². The largest absolute Gasteiger partial charge is 0.343 e. The molecule has 0 aromatic carbocycles. The van der Waals surface area contributed by atoms with Gasteiger partial charge in [-0.15, -0.1) is 5.06 Å². The molecule has 1 aliphatic heterocycles. The fourth-order valence-electron chi connectivity index (χ4n) is 4.41. The lowest BCUT2D eigenvalue weighted by molar-refractivity contribution is -0.195. The van der Waals surface area contributed by atoms with Gasteiger partial charge in [-0.05, 0) is 7.05 Å². The van der Waals surface area contributed by atoms with E-state index in [0.29, 0.717) is 16.8 Å². The van der Waals surface area contributed by atoms with Crippen LogP contribution in [-0.4, -0.2) is 46.3 Å². The minimum atomic E-state index is -0.654. The third kappa shape index (κ3) is 37.4. The van der Waals surface area contributed by atoms with E-state index in [4.69, 9.17) is 0 Å². The third-order valence-corrected chi connectivity index (χ3v) is 7.93. The monoisotopic (exact) mass is 760 g/mol. The van der Waals surface area contributed by atoms with Gasteiger partial charge in [0.25, 0.3) is 11.8 Å². The van der Waals surface area contributed by atoms with Gasteiger partial charge in [0, 0.05) is 19.3 Å². The fraction of sp³-hybridized carbons (Fsp3) is 0.886. The van der Waals surface area contributed by atoms with E-state index in [9.17, 15) is 19.2 Å². The summed E-state index contributed by atoms with van der Waals surface area (Å²) in [6.45, 7) is 1.85. The Morgan fingerprint density at radius 2 is 0.795 bits per heavy atom. The normalized spacial score (nSPS) is 16.8. The van der Waals surface area contributed by atoms with Crippen molar-refractivity contribution in [3.63, 3.8) is 0 Å². The van der Waals surface area contributed by atoms with Crippen LogP contribution in [0.3, 0.4) is 0 Å². The van der Waals surface area contributed by atoms with Crippen LogP contribution in [0.1, 0.15) is 184 Å². The summed E-state index contributed by atoms with van der Waals surface area (Å²) in [6.07, 6.45) is 30.9. The Labute approximate surface area is 291 Å². The van der Waals surface area contributed by atoms with E-state index < -0.39 is 17.8 Å². The summed E-state index contributed by atoms with van der Waals surface area (Å²) in [6, 6.07) is 0. The van der Waals surface area contributed by atoms with Crippen molar-refractivity contribution in [2.75, 3.05) is 17.7 Å². The number of carbonyl (C=O) groups excluding carboxylic acids is 4. The molecule has 0 spiro atoms. The molecule has 3 rings (SSSR count). The second-order valence-corrected chi connectivity index (χ2v) is 11.4.